The Morgan fingerprint density at radius 3 is 2.62 bits per heavy atom. The quantitative estimate of drug-likeness (QED) is 0.538. The minimum absolute atomic E-state index is 0.251. The van der Waals surface area contributed by atoms with Gasteiger partial charge in [-0.2, -0.15) is 0 Å². The van der Waals surface area contributed by atoms with Gasteiger partial charge >= 0.3 is 5.97 Å². The van der Waals surface area contributed by atoms with E-state index in [-0.39, 0.29) is 6.10 Å². The lowest BCUT2D eigenvalue weighted by molar-refractivity contribution is -0.133. The molecule has 0 radical (unpaired) electrons. The average Bonchev–Trinajstić information content (AvgIpc) is 2.57. The number of carboxylic acid groups (broad SMARTS) is 1. The number of hydrogen-bond donors (Lipinski definition) is 1. The fourth-order valence-corrected chi connectivity index (χ4v) is 1.49. The molecule has 1 saturated carbocycles. The molecule has 0 heterocycles. The summed E-state index contributed by atoms with van der Waals surface area (Å²) >= 11 is 0. The fraction of sp³-hybridized carbons (Fsp3) is 0.700. The van der Waals surface area contributed by atoms with Gasteiger partial charge in [0.2, 0.25) is 0 Å². The monoisotopic (exact) mass is 184 g/mol. The Morgan fingerprint density at radius 1 is 1.54 bits per heavy atom. The molecule has 0 saturated heterocycles. The van der Waals surface area contributed by atoms with Crippen LogP contribution >= 0.6 is 0 Å². The zero-order valence-electron chi connectivity index (χ0n) is 7.95. The van der Waals surface area contributed by atoms with Crippen molar-refractivity contribution in [3.8, 4) is 0 Å². The van der Waals surface area contributed by atoms with Crippen molar-refractivity contribution < 1.29 is 14.6 Å². The molecular formula is C10H16O3. The van der Waals surface area contributed by atoms with E-state index in [1.54, 1.807) is 0 Å². The SMILES string of the molecule is CCC(=COC1CCCC1)C(=O)O. The molecule has 0 spiro atoms. The van der Waals surface area contributed by atoms with Gasteiger partial charge in [-0.1, -0.05) is 6.92 Å². The van der Waals surface area contributed by atoms with Gasteiger partial charge < -0.3 is 9.84 Å². The van der Waals surface area contributed by atoms with Crippen LogP contribution in [0.25, 0.3) is 0 Å². The molecule has 0 amide bonds. The van der Waals surface area contributed by atoms with Crippen molar-refractivity contribution in [3.05, 3.63) is 11.8 Å². The second-order valence-electron chi connectivity index (χ2n) is 3.34. The first kappa shape index (κ1) is 10.1. The standard InChI is InChI=1S/C10H16O3/c1-2-8(10(11)12)7-13-9-5-3-4-6-9/h7,9H,2-6H2,1H3,(H,11,12). The lowest BCUT2D eigenvalue weighted by Gasteiger charge is -2.09. The summed E-state index contributed by atoms with van der Waals surface area (Å²) in [5, 5.41) is 8.70. The predicted octanol–water partition coefficient (Wildman–Crippen LogP) is 2.32. The van der Waals surface area contributed by atoms with Crippen LogP contribution in [0.1, 0.15) is 39.0 Å². The minimum Gasteiger partial charge on any atom is -0.497 e. The smallest absolute Gasteiger partial charge is 0.334 e. The lowest BCUT2D eigenvalue weighted by atomic mass is 10.2. The van der Waals surface area contributed by atoms with Gasteiger partial charge in [0.05, 0.1) is 17.9 Å². The maximum Gasteiger partial charge on any atom is 0.334 e. The number of carboxylic acids is 1. The summed E-state index contributed by atoms with van der Waals surface area (Å²) in [7, 11) is 0. The number of aliphatic carboxylic acids is 1. The van der Waals surface area contributed by atoms with Crippen molar-refractivity contribution in [2.45, 2.75) is 45.1 Å². The molecule has 13 heavy (non-hydrogen) atoms. The van der Waals surface area contributed by atoms with Crippen molar-refractivity contribution in [1.29, 1.82) is 0 Å². The molecule has 1 aliphatic rings. The third kappa shape index (κ3) is 3.09. The third-order valence-corrected chi connectivity index (χ3v) is 2.36. The average molecular weight is 184 g/mol. The minimum atomic E-state index is -0.875. The van der Waals surface area contributed by atoms with Crippen LogP contribution in [0, 0.1) is 0 Å². The molecular weight excluding hydrogens is 168 g/mol. The highest BCUT2D eigenvalue weighted by Gasteiger charge is 2.15. The highest BCUT2D eigenvalue weighted by atomic mass is 16.5. The molecule has 3 heteroatoms. The zero-order chi connectivity index (χ0) is 9.68. The van der Waals surface area contributed by atoms with Crippen LogP contribution in [0.15, 0.2) is 11.8 Å². The van der Waals surface area contributed by atoms with E-state index in [1.807, 2.05) is 6.92 Å². The largest absolute Gasteiger partial charge is 0.497 e. The van der Waals surface area contributed by atoms with Crippen LogP contribution in [0.3, 0.4) is 0 Å². The Morgan fingerprint density at radius 2 is 2.15 bits per heavy atom. The van der Waals surface area contributed by atoms with Crippen LogP contribution in [-0.2, 0) is 9.53 Å². The van der Waals surface area contributed by atoms with E-state index < -0.39 is 5.97 Å². The van der Waals surface area contributed by atoms with E-state index in [9.17, 15) is 4.79 Å². The Kier molecular flexibility index (Phi) is 3.80. The van der Waals surface area contributed by atoms with Crippen LogP contribution in [0.2, 0.25) is 0 Å². The number of carbonyl (C=O) groups is 1. The van der Waals surface area contributed by atoms with E-state index in [2.05, 4.69) is 0 Å². The molecule has 0 bridgehead atoms. The second-order valence-corrected chi connectivity index (χ2v) is 3.34. The Balaban J connectivity index is 2.39. The molecule has 0 aliphatic heterocycles. The van der Waals surface area contributed by atoms with Gasteiger partial charge in [-0.25, -0.2) is 4.79 Å². The third-order valence-electron chi connectivity index (χ3n) is 2.36. The molecule has 1 rings (SSSR count). The summed E-state index contributed by atoms with van der Waals surface area (Å²) in [5.41, 5.74) is 0.354. The summed E-state index contributed by atoms with van der Waals surface area (Å²) in [6.45, 7) is 1.82. The van der Waals surface area contributed by atoms with E-state index in [1.165, 1.54) is 19.1 Å². The fourth-order valence-electron chi connectivity index (χ4n) is 1.49. The maximum atomic E-state index is 10.6. The molecule has 0 atom stereocenters. The van der Waals surface area contributed by atoms with Crippen LogP contribution in [-0.4, -0.2) is 17.2 Å². The highest BCUT2D eigenvalue weighted by molar-refractivity contribution is 5.86. The molecule has 0 aromatic carbocycles. The summed E-state index contributed by atoms with van der Waals surface area (Å²) in [6, 6.07) is 0. The number of ether oxygens (including phenoxy) is 1. The molecule has 0 unspecified atom stereocenters. The van der Waals surface area contributed by atoms with Gasteiger partial charge in [0.1, 0.15) is 0 Å². The molecule has 74 valence electrons. The van der Waals surface area contributed by atoms with E-state index in [0.717, 1.165) is 12.8 Å². The van der Waals surface area contributed by atoms with Crippen molar-refractivity contribution in [3.63, 3.8) is 0 Å². The molecule has 0 aromatic rings. The van der Waals surface area contributed by atoms with Crippen molar-refractivity contribution >= 4 is 5.97 Å². The van der Waals surface area contributed by atoms with Gasteiger partial charge in [0, 0.05) is 0 Å². The number of rotatable bonds is 4. The molecule has 1 N–H and O–H groups in total. The molecule has 0 aromatic heterocycles. The number of hydrogen-bond acceptors (Lipinski definition) is 2. The topological polar surface area (TPSA) is 46.5 Å². The highest BCUT2D eigenvalue weighted by Crippen LogP contribution is 2.21. The van der Waals surface area contributed by atoms with Gasteiger partial charge in [-0.3, -0.25) is 0 Å². The second kappa shape index (κ2) is 4.90. The molecule has 1 aliphatic carbocycles. The van der Waals surface area contributed by atoms with Gasteiger partial charge in [-0.15, -0.1) is 0 Å². The maximum absolute atomic E-state index is 10.6. The van der Waals surface area contributed by atoms with Gasteiger partial charge in [-0.05, 0) is 32.1 Å². The Hall–Kier alpha value is -0.990. The summed E-state index contributed by atoms with van der Waals surface area (Å²) in [5.74, 6) is -0.875. The first-order valence-corrected chi connectivity index (χ1v) is 4.81. The molecule has 1 fully saturated rings. The normalized spacial score (nSPS) is 19.0. The first-order chi connectivity index (χ1) is 6.24. The first-order valence-electron chi connectivity index (χ1n) is 4.81. The van der Waals surface area contributed by atoms with Crippen molar-refractivity contribution in [2.75, 3.05) is 0 Å². The summed E-state index contributed by atoms with van der Waals surface area (Å²) in [6.07, 6.45) is 6.71. The van der Waals surface area contributed by atoms with Gasteiger partial charge in [0.25, 0.3) is 0 Å². The summed E-state index contributed by atoms with van der Waals surface area (Å²) < 4.78 is 5.37. The van der Waals surface area contributed by atoms with Gasteiger partial charge in [0.15, 0.2) is 0 Å². The van der Waals surface area contributed by atoms with Crippen molar-refractivity contribution in [1.82, 2.24) is 0 Å². The Bertz CT molecular complexity index is 202. The van der Waals surface area contributed by atoms with Crippen LogP contribution in [0.4, 0.5) is 0 Å². The predicted molar refractivity (Wildman–Crippen MR) is 49.4 cm³/mol. The zero-order valence-corrected chi connectivity index (χ0v) is 7.95. The van der Waals surface area contributed by atoms with Crippen LogP contribution in [0.5, 0.6) is 0 Å². The Labute approximate surface area is 78.4 Å². The van der Waals surface area contributed by atoms with E-state index in [4.69, 9.17) is 9.84 Å². The van der Waals surface area contributed by atoms with E-state index in [0.29, 0.717) is 12.0 Å². The lowest BCUT2D eigenvalue weighted by Crippen LogP contribution is -2.06. The van der Waals surface area contributed by atoms with E-state index >= 15 is 0 Å². The molecule has 3 nitrogen and oxygen atoms in total. The summed E-state index contributed by atoms with van der Waals surface area (Å²) in [4.78, 5) is 10.6. The van der Waals surface area contributed by atoms with Crippen LogP contribution < -0.4 is 0 Å². The van der Waals surface area contributed by atoms with Crippen molar-refractivity contribution in [2.24, 2.45) is 0 Å².